The van der Waals surface area contributed by atoms with Crippen LogP contribution in [-0.4, -0.2) is 15.9 Å². The number of hydrogen-bond donors (Lipinski definition) is 2. The lowest BCUT2D eigenvalue weighted by Crippen LogP contribution is -2.14. The number of nitrogens with zero attached hydrogens (tertiary/aromatic N) is 2. The highest BCUT2D eigenvalue weighted by atomic mass is 16.1. The number of rotatable bonds is 6. The van der Waals surface area contributed by atoms with Gasteiger partial charge in [0, 0.05) is 11.4 Å². The zero-order valence-corrected chi connectivity index (χ0v) is 15.0. The monoisotopic (exact) mass is 346 g/mol. The molecular weight excluding hydrogens is 324 g/mol. The van der Waals surface area contributed by atoms with Gasteiger partial charge in [0.25, 0.3) is 5.91 Å². The van der Waals surface area contributed by atoms with Crippen molar-refractivity contribution in [2.45, 2.75) is 26.7 Å². The maximum Gasteiger partial charge on any atom is 0.275 e. The van der Waals surface area contributed by atoms with Crippen LogP contribution < -0.4 is 10.6 Å². The smallest absolute Gasteiger partial charge is 0.275 e. The van der Waals surface area contributed by atoms with Gasteiger partial charge in [-0.05, 0) is 42.2 Å². The fourth-order valence-electron chi connectivity index (χ4n) is 2.62. The van der Waals surface area contributed by atoms with E-state index in [2.05, 4.69) is 40.5 Å². The van der Waals surface area contributed by atoms with Crippen molar-refractivity contribution in [1.29, 1.82) is 0 Å². The zero-order valence-electron chi connectivity index (χ0n) is 15.0. The molecular formula is C21H22N4O. The predicted octanol–water partition coefficient (Wildman–Crippen LogP) is 4.60. The first-order chi connectivity index (χ1) is 12.7. The predicted molar refractivity (Wildman–Crippen MR) is 105 cm³/mol. The highest BCUT2D eigenvalue weighted by Gasteiger charge is 2.09. The summed E-state index contributed by atoms with van der Waals surface area (Å²) in [7, 11) is 0. The second kappa shape index (κ2) is 8.25. The highest BCUT2D eigenvalue weighted by Crippen LogP contribution is 2.19. The van der Waals surface area contributed by atoms with E-state index in [9.17, 15) is 4.79 Å². The Kier molecular flexibility index (Phi) is 5.59. The molecule has 0 fully saturated rings. The van der Waals surface area contributed by atoms with Gasteiger partial charge in [-0.3, -0.25) is 4.79 Å². The maximum absolute atomic E-state index is 12.3. The molecule has 26 heavy (non-hydrogen) atoms. The maximum atomic E-state index is 12.3. The minimum absolute atomic E-state index is 0.276. The van der Waals surface area contributed by atoms with Crippen LogP contribution in [0.3, 0.4) is 0 Å². The molecule has 0 radical (unpaired) electrons. The molecule has 5 nitrogen and oxygen atoms in total. The van der Waals surface area contributed by atoms with E-state index < -0.39 is 0 Å². The van der Waals surface area contributed by atoms with Crippen molar-refractivity contribution in [2.75, 3.05) is 10.6 Å². The highest BCUT2D eigenvalue weighted by molar-refractivity contribution is 6.02. The molecule has 2 N–H and O–H groups in total. The molecule has 1 aromatic heterocycles. The molecule has 0 saturated heterocycles. The Bertz CT molecular complexity index is 873. The first-order valence-corrected chi connectivity index (χ1v) is 8.77. The van der Waals surface area contributed by atoms with E-state index in [-0.39, 0.29) is 11.6 Å². The Balaban J connectivity index is 1.67. The number of hydrogen-bond acceptors (Lipinski definition) is 4. The molecule has 0 unspecified atom stereocenters. The summed E-state index contributed by atoms with van der Waals surface area (Å²) in [5.74, 6) is 0.331. The van der Waals surface area contributed by atoms with Crippen molar-refractivity contribution >= 4 is 23.1 Å². The molecule has 0 spiro atoms. The van der Waals surface area contributed by atoms with Gasteiger partial charge in [-0.2, -0.15) is 0 Å². The van der Waals surface area contributed by atoms with Crippen LogP contribution in [0.1, 0.15) is 35.5 Å². The summed E-state index contributed by atoms with van der Waals surface area (Å²) in [5, 5.41) is 6.08. The number of para-hydroxylation sites is 1. The van der Waals surface area contributed by atoms with Crippen LogP contribution in [0.15, 0.2) is 60.9 Å². The molecule has 0 saturated carbocycles. The van der Waals surface area contributed by atoms with Gasteiger partial charge in [-0.15, -0.1) is 0 Å². The minimum atomic E-state index is -0.276. The van der Waals surface area contributed by atoms with E-state index >= 15 is 0 Å². The molecule has 0 atom stereocenters. The van der Waals surface area contributed by atoms with Crippen molar-refractivity contribution in [3.8, 4) is 0 Å². The quantitative estimate of drug-likeness (QED) is 0.685. The van der Waals surface area contributed by atoms with Crippen molar-refractivity contribution in [1.82, 2.24) is 9.97 Å². The molecule has 1 amide bonds. The van der Waals surface area contributed by atoms with Gasteiger partial charge in [0.1, 0.15) is 11.5 Å². The number of carbonyl (C=O) groups excluding carboxylic acids is 1. The second-order valence-corrected chi connectivity index (χ2v) is 5.93. The molecule has 1 heterocycles. The first kappa shape index (κ1) is 17.6. The minimum Gasteiger partial charge on any atom is -0.339 e. The molecule has 3 rings (SSSR count). The summed E-state index contributed by atoms with van der Waals surface area (Å²) in [4.78, 5) is 20.8. The average molecular weight is 346 g/mol. The van der Waals surface area contributed by atoms with Crippen LogP contribution in [0.25, 0.3) is 0 Å². The largest absolute Gasteiger partial charge is 0.339 e. The van der Waals surface area contributed by atoms with E-state index in [0.717, 1.165) is 24.2 Å². The average Bonchev–Trinajstić information content (AvgIpc) is 2.69. The molecule has 5 heteroatoms. The fourth-order valence-corrected chi connectivity index (χ4v) is 2.62. The second-order valence-electron chi connectivity index (χ2n) is 5.93. The Morgan fingerprint density at radius 2 is 1.69 bits per heavy atom. The van der Waals surface area contributed by atoms with Gasteiger partial charge in [0.05, 0.1) is 12.4 Å². The Hall–Kier alpha value is -3.21. The van der Waals surface area contributed by atoms with Crippen LogP contribution in [0.5, 0.6) is 0 Å². The number of anilines is 3. The molecule has 2 aromatic carbocycles. The Morgan fingerprint density at radius 3 is 2.35 bits per heavy atom. The summed E-state index contributed by atoms with van der Waals surface area (Å²) < 4.78 is 0. The summed E-state index contributed by atoms with van der Waals surface area (Å²) in [6.45, 7) is 4.20. The third-order valence-corrected chi connectivity index (χ3v) is 4.17. The lowest BCUT2D eigenvalue weighted by Gasteiger charge is -2.10. The summed E-state index contributed by atoms with van der Waals surface area (Å²) >= 11 is 0. The van der Waals surface area contributed by atoms with Crippen molar-refractivity contribution < 1.29 is 4.79 Å². The molecule has 132 valence electrons. The summed E-state index contributed by atoms with van der Waals surface area (Å²) in [6.07, 6.45) is 4.94. The number of carbonyl (C=O) groups is 1. The standard InChI is InChI=1S/C21H22N4O/c1-3-15-9-11-17(12-10-15)24-21(26)19-13-23-20(14-22-19)25-18-8-6-5-7-16(18)4-2/h5-14H,3-4H2,1-2H3,(H,23,25)(H,24,26). The van der Waals surface area contributed by atoms with Gasteiger partial charge in [0.2, 0.25) is 0 Å². The number of aryl methyl sites for hydroxylation is 2. The van der Waals surface area contributed by atoms with Gasteiger partial charge >= 0.3 is 0 Å². The Morgan fingerprint density at radius 1 is 0.923 bits per heavy atom. The third-order valence-electron chi connectivity index (χ3n) is 4.17. The van der Waals surface area contributed by atoms with E-state index in [1.165, 1.54) is 17.3 Å². The summed E-state index contributed by atoms with van der Waals surface area (Å²) in [6, 6.07) is 15.8. The van der Waals surface area contributed by atoms with Crippen LogP contribution in [0, 0.1) is 0 Å². The SMILES string of the molecule is CCc1ccc(NC(=O)c2cnc(Nc3ccccc3CC)cn2)cc1. The van der Waals surface area contributed by atoms with E-state index in [0.29, 0.717) is 5.82 Å². The van der Waals surface area contributed by atoms with Gasteiger partial charge in [-0.1, -0.05) is 44.2 Å². The van der Waals surface area contributed by atoms with E-state index in [4.69, 9.17) is 0 Å². The van der Waals surface area contributed by atoms with Gasteiger partial charge in [0.15, 0.2) is 0 Å². The number of amides is 1. The summed E-state index contributed by atoms with van der Waals surface area (Å²) in [5.41, 5.74) is 4.45. The molecule has 0 aliphatic carbocycles. The number of nitrogens with one attached hydrogen (secondary N) is 2. The van der Waals surface area contributed by atoms with Crippen molar-refractivity contribution in [2.24, 2.45) is 0 Å². The zero-order chi connectivity index (χ0) is 18.4. The molecule has 0 aliphatic rings. The molecule has 0 bridgehead atoms. The topological polar surface area (TPSA) is 66.9 Å². The van der Waals surface area contributed by atoms with Crippen molar-refractivity contribution in [3.05, 3.63) is 77.7 Å². The lowest BCUT2D eigenvalue weighted by molar-refractivity contribution is 0.102. The van der Waals surface area contributed by atoms with Crippen LogP contribution in [0.4, 0.5) is 17.2 Å². The van der Waals surface area contributed by atoms with E-state index in [1.807, 2.05) is 42.5 Å². The van der Waals surface area contributed by atoms with Gasteiger partial charge < -0.3 is 10.6 Å². The van der Waals surface area contributed by atoms with Crippen LogP contribution >= 0.6 is 0 Å². The third kappa shape index (κ3) is 4.25. The molecule has 0 aliphatic heterocycles. The number of benzene rings is 2. The Labute approximate surface area is 153 Å². The van der Waals surface area contributed by atoms with Crippen molar-refractivity contribution in [3.63, 3.8) is 0 Å². The first-order valence-electron chi connectivity index (χ1n) is 8.77. The fraction of sp³-hybridized carbons (Fsp3) is 0.190. The van der Waals surface area contributed by atoms with E-state index in [1.54, 1.807) is 6.20 Å². The van der Waals surface area contributed by atoms with Crippen LogP contribution in [-0.2, 0) is 12.8 Å². The van der Waals surface area contributed by atoms with Gasteiger partial charge in [-0.25, -0.2) is 9.97 Å². The number of aromatic nitrogens is 2. The normalized spacial score (nSPS) is 10.4. The molecule has 3 aromatic rings. The lowest BCUT2D eigenvalue weighted by atomic mass is 10.1. The van der Waals surface area contributed by atoms with Crippen LogP contribution in [0.2, 0.25) is 0 Å².